The fourth-order valence-corrected chi connectivity index (χ4v) is 2.83. The van der Waals surface area contributed by atoms with Gasteiger partial charge in [-0.05, 0) is 55.7 Å². The molecule has 0 spiro atoms. The minimum atomic E-state index is -0.443. The first-order valence-electron chi connectivity index (χ1n) is 7.73. The van der Waals surface area contributed by atoms with Gasteiger partial charge in [0.25, 0.3) is 5.89 Å². The molecule has 1 saturated carbocycles. The van der Waals surface area contributed by atoms with Crippen LogP contribution in [0.3, 0.4) is 0 Å². The molecule has 24 heavy (non-hydrogen) atoms. The monoisotopic (exact) mass is 389 g/mol. The van der Waals surface area contributed by atoms with Gasteiger partial charge in [-0.25, -0.2) is 0 Å². The van der Waals surface area contributed by atoms with Crippen LogP contribution in [0.5, 0.6) is 5.75 Å². The summed E-state index contributed by atoms with van der Waals surface area (Å²) in [6, 6.07) is 11.2. The molecule has 1 fully saturated rings. The third-order valence-electron chi connectivity index (χ3n) is 4.18. The second-order valence-corrected chi connectivity index (χ2v) is 6.86. The Balaban J connectivity index is 1.44. The lowest BCUT2D eigenvalue weighted by molar-refractivity contribution is 0.229. The maximum atomic E-state index is 6.20. The summed E-state index contributed by atoms with van der Waals surface area (Å²) in [5.41, 5.74) is 5.76. The van der Waals surface area contributed by atoms with E-state index in [1.165, 1.54) is 0 Å². The highest BCUT2D eigenvalue weighted by Gasteiger charge is 2.39. The van der Waals surface area contributed by atoms with Crippen LogP contribution in [0.15, 0.2) is 49.8 Å². The fraction of sp³-hybridized carbons (Fsp3) is 0.294. The Hall–Kier alpha value is -2.12. The number of nitrogens with zero attached hydrogens (tertiary/aromatic N) is 2. The van der Waals surface area contributed by atoms with E-state index in [0.29, 0.717) is 29.8 Å². The first kappa shape index (κ1) is 15.4. The van der Waals surface area contributed by atoms with E-state index in [1.54, 1.807) is 6.07 Å². The van der Waals surface area contributed by atoms with Crippen molar-refractivity contribution < 1.29 is 13.7 Å². The average Bonchev–Trinajstić information content (AvgIpc) is 3.21. The smallest absolute Gasteiger partial charge is 0.293 e. The molecule has 1 aliphatic rings. The third-order valence-corrected chi connectivity index (χ3v) is 4.71. The van der Waals surface area contributed by atoms with Gasteiger partial charge < -0.3 is 19.4 Å². The van der Waals surface area contributed by atoms with Crippen LogP contribution >= 0.6 is 15.9 Å². The highest BCUT2D eigenvalue weighted by Crippen LogP contribution is 2.37. The lowest BCUT2D eigenvalue weighted by Crippen LogP contribution is -2.44. The number of ether oxygens (including phenoxy) is 1. The van der Waals surface area contributed by atoms with Crippen LogP contribution in [-0.2, 0) is 12.1 Å². The molecule has 0 amide bonds. The zero-order valence-corrected chi connectivity index (χ0v) is 14.5. The largest absolute Gasteiger partial charge is 0.486 e. The van der Waals surface area contributed by atoms with Gasteiger partial charge in [0, 0.05) is 4.47 Å². The topological polar surface area (TPSA) is 87.3 Å². The van der Waals surface area contributed by atoms with Crippen LogP contribution in [0.2, 0.25) is 0 Å². The normalized spacial score (nSPS) is 15.9. The average molecular weight is 390 g/mol. The van der Waals surface area contributed by atoms with Crippen molar-refractivity contribution in [2.75, 3.05) is 0 Å². The Kier molecular flexibility index (Phi) is 3.90. The van der Waals surface area contributed by atoms with E-state index in [-0.39, 0.29) is 0 Å². The molecular formula is C17H16BrN3O3. The quantitative estimate of drug-likeness (QED) is 0.708. The van der Waals surface area contributed by atoms with E-state index in [1.807, 2.05) is 30.3 Å². The summed E-state index contributed by atoms with van der Waals surface area (Å²) < 4.78 is 17.7. The van der Waals surface area contributed by atoms with Crippen LogP contribution in [0.4, 0.5) is 0 Å². The SMILES string of the molecule is NC1(c2noc(-c3ccc(COc4ccc(Br)cc4)o3)n2)CCC1. The van der Waals surface area contributed by atoms with Crippen LogP contribution in [0.1, 0.15) is 30.8 Å². The molecular weight excluding hydrogens is 374 g/mol. The van der Waals surface area contributed by atoms with Gasteiger partial charge in [-0.3, -0.25) is 0 Å². The minimum Gasteiger partial charge on any atom is -0.486 e. The Bertz CT molecular complexity index is 837. The molecule has 0 bridgehead atoms. The molecule has 0 atom stereocenters. The van der Waals surface area contributed by atoms with Crippen LogP contribution in [0, 0.1) is 0 Å². The van der Waals surface area contributed by atoms with Gasteiger partial charge in [-0.1, -0.05) is 21.1 Å². The molecule has 0 radical (unpaired) electrons. The summed E-state index contributed by atoms with van der Waals surface area (Å²) in [5, 5.41) is 3.99. The van der Waals surface area contributed by atoms with E-state index in [0.717, 1.165) is 29.5 Å². The molecule has 124 valence electrons. The Labute approximate surface area is 147 Å². The summed E-state index contributed by atoms with van der Waals surface area (Å²) >= 11 is 3.39. The Morgan fingerprint density at radius 3 is 2.67 bits per heavy atom. The molecule has 4 rings (SSSR count). The zero-order chi connectivity index (χ0) is 16.6. The van der Waals surface area contributed by atoms with E-state index in [2.05, 4.69) is 26.1 Å². The van der Waals surface area contributed by atoms with Crippen molar-refractivity contribution in [3.8, 4) is 17.4 Å². The van der Waals surface area contributed by atoms with E-state index >= 15 is 0 Å². The summed E-state index contributed by atoms with van der Waals surface area (Å²) in [5.74, 6) is 2.86. The molecule has 0 unspecified atom stereocenters. The van der Waals surface area contributed by atoms with Crippen LogP contribution < -0.4 is 10.5 Å². The van der Waals surface area contributed by atoms with Crippen LogP contribution in [-0.4, -0.2) is 10.1 Å². The van der Waals surface area contributed by atoms with Crippen molar-refractivity contribution >= 4 is 15.9 Å². The summed E-state index contributed by atoms with van der Waals surface area (Å²) in [4.78, 5) is 4.37. The number of halogens is 1. The molecule has 1 aromatic carbocycles. The van der Waals surface area contributed by atoms with Crippen LogP contribution in [0.25, 0.3) is 11.7 Å². The second kappa shape index (κ2) is 6.07. The van der Waals surface area contributed by atoms with Crippen molar-refractivity contribution in [3.63, 3.8) is 0 Å². The molecule has 2 aromatic heterocycles. The zero-order valence-electron chi connectivity index (χ0n) is 12.9. The van der Waals surface area contributed by atoms with Gasteiger partial charge in [0.15, 0.2) is 11.6 Å². The van der Waals surface area contributed by atoms with Crippen molar-refractivity contribution in [3.05, 3.63) is 52.5 Å². The Morgan fingerprint density at radius 1 is 1.17 bits per heavy atom. The number of aromatic nitrogens is 2. The fourth-order valence-electron chi connectivity index (χ4n) is 2.56. The van der Waals surface area contributed by atoms with Gasteiger partial charge in [-0.2, -0.15) is 4.98 Å². The summed E-state index contributed by atoms with van der Waals surface area (Å²) in [7, 11) is 0. The maximum Gasteiger partial charge on any atom is 0.293 e. The summed E-state index contributed by atoms with van der Waals surface area (Å²) in [6.45, 7) is 0.323. The molecule has 6 nitrogen and oxygen atoms in total. The van der Waals surface area contributed by atoms with E-state index in [9.17, 15) is 0 Å². The number of rotatable bonds is 5. The van der Waals surface area contributed by atoms with Crippen molar-refractivity contribution in [1.29, 1.82) is 0 Å². The summed E-state index contributed by atoms with van der Waals surface area (Å²) in [6.07, 6.45) is 2.87. The predicted molar refractivity (Wildman–Crippen MR) is 90.2 cm³/mol. The lowest BCUT2D eigenvalue weighted by atomic mass is 9.77. The molecule has 0 saturated heterocycles. The van der Waals surface area contributed by atoms with Crippen molar-refractivity contribution in [1.82, 2.24) is 10.1 Å². The minimum absolute atomic E-state index is 0.323. The number of furan rings is 1. The van der Waals surface area contributed by atoms with E-state index < -0.39 is 5.54 Å². The number of hydrogen-bond donors (Lipinski definition) is 1. The van der Waals surface area contributed by atoms with Gasteiger partial charge in [0.05, 0.1) is 5.54 Å². The molecule has 2 heterocycles. The Morgan fingerprint density at radius 2 is 1.96 bits per heavy atom. The molecule has 0 aliphatic heterocycles. The number of benzene rings is 1. The number of nitrogens with two attached hydrogens (primary N) is 1. The maximum absolute atomic E-state index is 6.20. The molecule has 1 aliphatic carbocycles. The molecule has 3 aromatic rings. The predicted octanol–water partition coefficient (Wildman–Crippen LogP) is 4.01. The van der Waals surface area contributed by atoms with Crippen molar-refractivity contribution in [2.45, 2.75) is 31.4 Å². The highest BCUT2D eigenvalue weighted by atomic mass is 79.9. The second-order valence-electron chi connectivity index (χ2n) is 5.94. The first-order valence-corrected chi connectivity index (χ1v) is 8.52. The number of hydrogen-bond acceptors (Lipinski definition) is 6. The highest BCUT2D eigenvalue weighted by molar-refractivity contribution is 9.10. The standard InChI is InChI=1S/C17H16BrN3O3/c18-11-2-4-12(5-3-11)22-10-13-6-7-14(23-13)15-20-16(21-24-15)17(19)8-1-9-17/h2-7H,1,8-10,19H2. The van der Waals surface area contributed by atoms with Gasteiger partial charge in [0.1, 0.15) is 18.1 Å². The first-order chi connectivity index (χ1) is 11.6. The molecule has 7 heteroatoms. The molecule has 2 N–H and O–H groups in total. The third kappa shape index (κ3) is 2.97. The van der Waals surface area contributed by atoms with Crippen molar-refractivity contribution in [2.24, 2.45) is 5.73 Å². The van der Waals surface area contributed by atoms with Gasteiger partial charge in [-0.15, -0.1) is 0 Å². The lowest BCUT2D eigenvalue weighted by Gasteiger charge is -2.34. The van der Waals surface area contributed by atoms with E-state index in [4.69, 9.17) is 19.4 Å². The van der Waals surface area contributed by atoms with Gasteiger partial charge in [0.2, 0.25) is 0 Å². The van der Waals surface area contributed by atoms with Gasteiger partial charge >= 0.3 is 0 Å².